The van der Waals surface area contributed by atoms with Crippen LogP contribution in [-0.4, -0.2) is 12.5 Å². The van der Waals surface area contributed by atoms with Crippen molar-refractivity contribution in [3.8, 4) is 0 Å². The van der Waals surface area contributed by atoms with Crippen LogP contribution in [-0.2, 0) is 0 Å². The van der Waals surface area contributed by atoms with Crippen LogP contribution in [0.2, 0.25) is 0 Å². The number of hydrogen-bond acceptors (Lipinski definition) is 2. The highest BCUT2D eigenvalue weighted by atomic mass is 16.3. The quantitative estimate of drug-likeness (QED) is 0.857. The molecule has 0 saturated heterocycles. The summed E-state index contributed by atoms with van der Waals surface area (Å²) in [5.41, 5.74) is 2.50. The topological polar surface area (TPSA) is 42.2 Å². The van der Waals surface area contributed by atoms with E-state index in [2.05, 4.69) is 36.2 Å². The first-order valence-electron chi connectivity index (χ1n) is 7.06. The Morgan fingerprint density at radius 2 is 2.33 bits per heavy atom. The van der Waals surface area contributed by atoms with Gasteiger partial charge in [-0.15, -0.1) is 6.58 Å². The number of benzene rings is 1. The molecule has 0 spiro atoms. The molecule has 1 heterocycles. The van der Waals surface area contributed by atoms with Gasteiger partial charge in [0.2, 0.25) is 0 Å². The summed E-state index contributed by atoms with van der Waals surface area (Å²) in [6.45, 7) is 4.01. The van der Waals surface area contributed by atoms with E-state index in [9.17, 15) is 4.79 Å². The van der Waals surface area contributed by atoms with Gasteiger partial charge in [-0.3, -0.25) is 4.79 Å². The summed E-state index contributed by atoms with van der Waals surface area (Å²) < 4.78 is 5.44. The number of allylic oxidation sites excluding steroid dienone is 4. The van der Waals surface area contributed by atoms with Gasteiger partial charge in [0.05, 0.1) is 6.26 Å². The molecule has 1 aliphatic carbocycles. The molecule has 0 saturated carbocycles. The van der Waals surface area contributed by atoms with E-state index in [1.165, 1.54) is 11.1 Å². The minimum Gasteiger partial charge on any atom is -0.458 e. The van der Waals surface area contributed by atoms with Gasteiger partial charge in [0.1, 0.15) is 0 Å². The summed E-state index contributed by atoms with van der Waals surface area (Å²) >= 11 is 0. The van der Waals surface area contributed by atoms with E-state index in [0.29, 0.717) is 12.3 Å². The maximum Gasteiger partial charge on any atom is 0.287 e. The minimum absolute atomic E-state index is 0.211. The van der Waals surface area contributed by atoms with Crippen LogP contribution in [0.4, 0.5) is 0 Å². The average Bonchev–Trinajstić information content (AvgIpc) is 2.96. The Bertz CT molecular complexity index is 750. The van der Waals surface area contributed by atoms with Crippen molar-refractivity contribution < 1.29 is 9.21 Å². The molecule has 0 radical (unpaired) electrons. The standard InChI is InChI=1S/C18H17NO2/c1-2-10-19-18(20)17-16-9-8-14(11-15(16)12-21-17)13-6-4-3-5-7-13/h2-4,6,8-9,11-12H,1,5,7,10H2,(H,19,20). The van der Waals surface area contributed by atoms with Crippen LogP contribution in [0.3, 0.4) is 0 Å². The van der Waals surface area contributed by atoms with Crippen molar-refractivity contribution in [2.75, 3.05) is 6.54 Å². The van der Waals surface area contributed by atoms with E-state index in [1.807, 2.05) is 12.1 Å². The highest BCUT2D eigenvalue weighted by Gasteiger charge is 2.15. The van der Waals surface area contributed by atoms with Crippen molar-refractivity contribution in [2.45, 2.75) is 12.8 Å². The lowest BCUT2D eigenvalue weighted by Crippen LogP contribution is -2.22. The van der Waals surface area contributed by atoms with E-state index in [-0.39, 0.29) is 5.91 Å². The lowest BCUT2D eigenvalue weighted by Gasteiger charge is -2.09. The lowest BCUT2D eigenvalue weighted by atomic mass is 9.96. The second-order valence-corrected chi connectivity index (χ2v) is 5.02. The zero-order valence-electron chi connectivity index (χ0n) is 11.8. The van der Waals surface area contributed by atoms with Crippen LogP contribution in [0.5, 0.6) is 0 Å². The van der Waals surface area contributed by atoms with E-state index in [0.717, 1.165) is 23.6 Å². The van der Waals surface area contributed by atoms with Gasteiger partial charge in [-0.25, -0.2) is 0 Å². The smallest absolute Gasteiger partial charge is 0.287 e. The van der Waals surface area contributed by atoms with Gasteiger partial charge in [-0.05, 0) is 36.1 Å². The van der Waals surface area contributed by atoms with E-state index >= 15 is 0 Å². The molecule has 1 aromatic heterocycles. The second kappa shape index (κ2) is 5.83. The maximum absolute atomic E-state index is 12.0. The van der Waals surface area contributed by atoms with Crippen molar-refractivity contribution in [3.05, 3.63) is 66.7 Å². The molecule has 0 unspecified atom stereocenters. The first kappa shape index (κ1) is 13.4. The highest BCUT2D eigenvalue weighted by Crippen LogP contribution is 2.28. The molecule has 3 nitrogen and oxygen atoms in total. The van der Waals surface area contributed by atoms with Crippen molar-refractivity contribution >= 4 is 22.3 Å². The summed E-state index contributed by atoms with van der Waals surface area (Å²) in [5, 5.41) is 4.52. The first-order chi connectivity index (χ1) is 10.3. The van der Waals surface area contributed by atoms with E-state index < -0.39 is 0 Å². The van der Waals surface area contributed by atoms with Gasteiger partial charge in [-0.1, -0.05) is 30.4 Å². The number of furan rings is 1. The van der Waals surface area contributed by atoms with Crippen LogP contribution in [0, 0.1) is 0 Å². The molecular formula is C18H17NO2. The third-order valence-electron chi connectivity index (χ3n) is 3.60. The summed E-state index contributed by atoms with van der Waals surface area (Å²) in [6, 6.07) is 6.08. The summed E-state index contributed by atoms with van der Waals surface area (Å²) in [6.07, 6.45) is 11.8. The van der Waals surface area contributed by atoms with E-state index in [1.54, 1.807) is 12.3 Å². The molecule has 0 atom stereocenters. The van der Waals surface area contributed by atoms with Crippen LogP contribution >= 0.6 is 0 Å². The number of amides is 1. The zero-order valence-corrected chi connectivity index (χ0v) is 11.8. The number of hydrogen-bond donors (Lipinski definition) is 1. The molecule has 1 N–H and O–H groups in total. The largest absolute Gasteiger partial charge is 0.458 e. The lowest BCUT2D eigenvalue weighted by molar-refractivity contribution is 0.0932. The normalized spacial score (nSPS) is 14.0. The van der Waals surface area contributed by atoms with Crippen molar-refractivity contribution in [1.82, 2.24) is 5.32 Å². The number of fused-ring (bicyclic) bond motifs is 1. The molecule has 3 heteroatoms. The number of nitrogens with one attached hydrogen (secondary N) is 1. The van der Waals surface area contributed by atoms with Gasteiger partial charge in [0, 0.05) is 17.3 Å². The van der Waals surface area contributed by atoms with Gasteiger partial charge in [-0.2, -0.15) is 0 Å². The summed E-state index contributed by atoms with van der Waals surface area (Å²) in [7, 11) is 0. The van der Waals surface area contributed by atoms with Crippen LogP contribution in [0.25, 0.3) is 16.3 Å². The van der Waals surface area contributed by atoms with Crippen LogP contribution in [0.15, 0.2) is 59.8 Å². The molecule has 1 aliphatic rings. The fraction of sp³-hybridized carbons (Fsp3) is 0.167. The van der Waals surface area contributed by atoms with Gasteiger partial charge >= 0.3 is 0 Å². The van der Waals surface area contributed by atoms with Crippen LogP contribution < -0.4 is 5.32 Å². The number of rotatable bonds is 4. The second-order valence-electron chi connectivity index (χ2n) is 5.02. The Morgan fingerprint density at radius 3 is 3.10 bits per heavy atom. The molecule has 0 bridgehead atoms. The third-order valence-corrected chi connectivity index (χ3v) is 3.60. The van der Waals surface area contributed by atoms with Crippen molar-refractivity contribution in [3.63, 3.8) is 0 Å². The Labute approximate surface area is 123 Å². The monoisotopic (exact) mass is 279 g/mol. The Hall–Kier alpha value is -2.55. The molecule has 0 aliphatic heterocycles. The van der Waals surface area contributed by atoms with Crippen LogP contribution in [0.1, 0.15) is 29.0 Å². The Morgan fingerprint density at radius 1 is 1.43 bits per heavy atom. The van der Waals surface area contributed by atoms with Crippen molar-refractivity contribution in [1.29, 1.82) is 0 Å². The zero-order chi connectivity index (χ0) is 14.7. The Balaban J connectivity index is 1.94. The molecule has 2 aromatic rings. The molecule has 0 fully saturated rings. The van der Waals surface area contributed by atoms with Gasteiger partial charge in [0.15, 0.2) is 5.76 Å². The molecular weight excluding hydrogens is 262 g/mol. The average molecular weight is 279 g/mol. The number of carbonyl (C=O) groups is 1. The number of carbonyl (C=O) groups excluding carboxylic acids is 1. The summed E-state index contributed by atoms with van der Waals surface area (Å²) in [4.78, 5) is 12.0. The predicted molar refractivity (Wildman–Crippen MR) is 85.1 cm³/mol. The molecule has 3 rings (SSSR count). The van der Waals surface area contributed by atoms with Crippen molar-refractivity contribution in [2.24, 2.45) is 0 Å². The summed E-state index contributed by atoms with van der Waals surface area (Å²) in [5.74, 6) is 0.147. The molecule has 21 heavy (non-hydrogen) atoms. The Kier molecular flexibility index (Phi) is 3.73. The SMILES string of the molecule is C=CCNC(=O)c1occ2cc(C3=CC=CCC3)ccc12. The molecule has 1 amide bonds. The molecule has 106 valence electrons. The first-order valence-corrected chi connectivity index (χ1v) is 7.06. The predicted octanol–water partition coefficient (Wildman–Crippen LogP) is 4.08. The molecule has 1 aromatic carbocycles. The highest BCUT2D eigenvalue weighted by molar-refractivity contribution is 6.05. The maximum atomic E-state index is 12.0. The third kappa shape index (κ3) is 2.68. The fourth-order valence-corrected chi connectivity index (χ4v) is 2.52. The van der Waals surface area contributed by atoms with Gasteiger partial charge < -0.3 is 9.73 Å². The minimum atomic E-state index is -0.211. The van der Waals surface area contributed by atoms with E-state index in [4.69, 9.17) is 4.42 Å². The van der Waals surface area contributed by atoms with Gasteiger partial charge in [0.25, 0.3) is 5.91 Å². The fourth-order valence-electron chi connectivity index (χ4n) is 2.52.